The first-order valence-electron chi connectivity index (χ1n) is 6.84. The van der Waals surface area contributed by atoms with E-state index >= 15 is 0 Å². The number of primary amides is 1. The van der Waals surface area contributed by atoms with Gasteiger partial charge in [-0.3, -0.25) is 9.59 Å². The Bertz CT molecular complexity index is 294. The molecule has 1 aliphatic carbocycles. The molecule has 0 radical (unpaired) electrons. The number of hydrogen-bond acceptors (Lipinski definition) is 3. The molecule has 2 unspecified atom stereocenters. The van der Waals surface area contributed by atoms with Crippen LogP contribution in [0.2, 0.25) is 0 Å². The van der Waals surface area contributed by atoms with Crippen molar-refractivity contribution in [1.29, 1.82) is 0 Å². The Morgan fingerprint density at radius 2 is 2.06 bits per heavy atom. The molecule has 0 aliphatic heterocycles. The van der Waals surface area contributed by atoms with E-state index < -0.39 is 5.91 Å². The van der Waals surface area contributed by atoms with Crippen molar-refractivity contribution in [2.45, 2.75) is 51.5 Å². The zero-order valence-electron chi connectivity index (χ0n) is 11.2. The molecule has 0 spiro atoms. The fraction of sp³-hybridized carbons (Fsp3) is 0.846. The average Bonchev–Trinajstić information content (AvgIpc) is 2.33. The second-order valence-corrected chi connectivity index (χ2v) is 5.21. The molecule has 104 valence electrons. The van der Waals surface area contributed by atoms with E-state index in [1.807, 2.05) is 6.92 Å². The summed E-state index contributed by atoms with van der Waals surface area (Å²) in [7, 11) is 0. The molecular weight excluding hydrogens is 230 g/mol. The van der Waals surface area contributed by atoms with Gasteiger partial charge in [-0.2, -0.15) is 0 Å². The van der Waals surface area contributed by atoms with Crippen LogP contribution in [0.5, 0.6) is 0 Å². The van der Waals surface area contributed by atoms with Gasteiger partial charge in [-0.05, 0) is 32.1 Å². The van der Waals surface area contributed by atoms with Crippen LogP contribution < -0.4 is 11.5 Å². The van der Waals surface area contributed by atoms with Gasteiger partial charge in [0.1, 0.15) is 0 Å². The highest BCUT2D eigenvalue weighted by Crippen LogP contribution is 2.26. The maximum Gasteiger partial charge on any atom is 0.237 e. The van der Waals surface area contributed by atoms with Gasteiger partial charge in [-0.25, -0.2) is 0 Å². The maximum absolute atomic E-state index is 11.9. The van der Waals surface area contributed by atoms with Crippen LogP contribution >= 0.6 is 0 Å². The third-order valence-electron chi connectivity index (χ3n) is 3.67. The van der Waals surface area contributed by atoms with Crippen LogP contribution in [-0.2, 0) is 9.59 Å². The monoisotopic (exact) mass is 255 g/mol. The van der Waals surface area contributed by atoms with Gasteiger partial charge < -0.3 is 16.4 Å². The summed E-state index contributed by atoms with van der Waals surface area (Å²) in [6.45, 7) is 2.42. The zero-order valence-corrected chi connectivity index (χ0v) is 11.2. The SMILES string of the molecule is CCN(CC(N)=O)C(=O)CCC1CCCC(N)C1. The Hall–Kier alpha value is -1.10. The average molecular weight is 255 g/mol. The Morgan fingerprint density at radius 1 is 1.33 bits per heavy atom. The molecule has 4 N–H and O–H groups in total. The van der Waals surface area contributed by atoms with Crippen molar-refractivity contribution >= 4 is 11.8 Å². The van der Waals surface area contributed by atoms with Crippen LogP contribution in [0, 0.1) is 5.92 Å². The van der Waals surface area contributed by atoms with E-state index in [0.29, 0.717) is 24.9 Å². The minimum Gasteiger partial charge on any atom is -0.368 e. The van der Waals surface area contributed by atoms with Gasteiger partial charge in [-0.1, -0.05) is 12.8 Å². The summed E-state index contributed by atoms with van der Waals surface area (Å²) in [6.07, 6.45) is 5.84. The van der Waals surface area contributed by atoms with Gasteiger partial charge in [0.25, 0.3) is 0 Å². The van der Waals surface area contributed by atoms with E-state index in [-0.39, 0.29) is 12.5 Å². The quantitative estimate of drug-likeness (QED) is 0.729. The number of likely N-dealkylation sites (N-methyl/N-ethyl adjacent to an activating group) is 1. The molecule has 0 aromatic rings. The number of nitrogens with zero attached hydrogens (tertiary/aromatic N) is 1. The predicted octanol–water partition coefficient (Wildman–Crippen LogP) is 0.618. The molecule has 0 saturated heterocycles. The van der Waals surface area contributed by atoms with Gasteiger partial charge >= 0.3 is 0 Å². The molecule has 18 heavy (non-hydrogen) atoms. The lowest BCUT2D eigenvalue weighted by molar-refractivity contribution is -0.135. The fourth-order valence-corrected chi connectivity index (χ4v) is 2.64. The van der Waals surface area contributed by atoms with Gasteiger partial charge in [0.05, 0.1) is 6.54 Å². The minimum atomic E-state index is -0.454. The van der Waals surface area contributed by atoms with E-state index in [1.54, 1.807) is 0 Å². The van der Waals surface area contributed by atoms with Crippen molar-refractivity contribution < 1.29 is 9.59 Å². The summed E-state index contributed by atoms with van der Waals surface area (Å²) >= 11 is 0. The highest BCUT2D eigenvalue weighted by atomic mass is 16.2. The van der Waals surface area contributed by atoms with Crippen LogP contribution in [0.4, 0.5) is 0 Å². The summed E-state index contributed by atoms with van der Waals surface area (Å²) in [5.74, 6) is 0.130. The third kappa shape index (κ3) is 5.04. The van der Waals surface area contributed by atoms with Crippen LogP contribution in [0.25, 0.3) is 0 Å². The lowest BCUT2D eigenvalue weighted by Crippen LogP contribution is -2.38. The summed E-state index contributed by atoms with van der Waals surface area (Å²) in [4.78, 5) is 24.3. The molecule has 2 atom stereocenters. The fourth-order valence-electron chi connectivity index (χ4n) is 2.64. The predicted molar refractivity (Wildman–Crippen MR) is 70.6 cm³/mol. The normalized spacial score (nSPS) is 23.7. The molecule has 0 aromatic heterocycles. The van der Waals surface area contributed by atoms with Crippen LogP contribution in [0.15, 0.2) is 0 Å². The lowest BCUT2D eigenvalue weighted by Gasteiger charge is -2.27. The summed E-state index contributed by atoms with van der Waals surface area (Å²) in [5, 5.41) is 0. The molecule has 0 heterocycles. The van der Waals surface area contributed by atoms with Crippen molar-refractivity contribution in [3.05, 3.63) is 0 Å². The van der Waals surface area contributed by atoms with Crippen LogP contribution in [-0.4, -0.2) is 35.8 Å². The van der Waals surface area contributed by atoms with E-state index in [1.165, 1.54) is 17.7 Å². The van der Waals surface area contributed by atoms with Crippen molar-refractivity contribution in [3.63, 3.8) is 0 Å². The minimum absolute atomic E-state index is 0.0236. The number of carbonyl (C=O) groups excluding carboxylic acids is 2. The molecule has 5 nitrogen and oxygen atoms in total. The zero-order chi connectivity index (χ0) is 13.5. The molecule has 2 amide bonds. The lowest BCUT2D eigenvalue weighted by atomic mass is 9.83. The molecule has 1 fully saturated rings. The molecule has 1 saturated carbocycles. The Kier molecular flexibility index (Phi) is 6.12. The van der Waals surface area contributed by atoms with E-state index in [9.17, 15) is 9.59 Å². The molecule has 5 heteroatoms. The number of amides is 2. The summed E-state index contributed by atoms with van der Waals surface area (Å²) < 4.78 is 0. The van der Waals surface area contributed by atoms with Gasteiger partial charge in [-0.15, -0.1) is 0 Å². The Balaban J connectivity index is 2.32. The Labute approximate surface area is 109 Å². The van der Waals surface area contributed by atoms with E-state index in [2.05, 4.69) is 0 Å². The topological polar surface area (TPSA) is 89.4 Å². The summed E-state index contributed by atoms with van der Waals surface area (Å²) in [5.41, 5.74) is 11.0. The number of rotatable bonds is 6. The first-order valence-corrected chi connectivity index (χ1v) is 6.84. The van der Waals surface area contributed by atoms with E-state index in [4.69, 9.17) is 11.5 Å². The summed E-state index contributed by atoms with van der Waals surface area (Å²) in [6, 6.07) is 0.298. The number of nitrogens with two attached hydrogens (primary N) is 2. The number of hydrogen-bond donors (Lipinski definition) is 2. The largest absolute Gasteiger partial charge is 0.368 e. The molecule has 0 aromatic carbocycles. The van der Waals surface area contributed by atoms with Gasteiger partial charge in [0.2, 0.25) is 11.8 Å². The number of carbonyl (C=O) groups is 2. The first-order chi connectivity index (χ1) is 8.52. The van der Waals surface area contributed by atoms with Crippen molar-refractivity contribution in [1.82, 2.24) is 4.90 Å². The molecular formula is C13H25N3O2. The molecule has 1 rings (SSSR count). The van der Waals surface area contributed by atoms with Crippen molar-refractivity contribution in [2.75, 3.05) is 13.1 Å². The standard InChI is InChI=1S/C13H25N3O2/c1-2-16(9-12(15)17)13(18)7-6-10-4-3-5-11(14)8-10/h10-11H,2-9,14H2,1H3,(H2,15,17). The van der Waals surface area contributed by atoms with Crippen molar-refractivity contribution in [3.8, 4) is 0 Å². The van der Waals surface area contributed by atoms with Crippen molar-refractivity contribution in [2.24, 2.45) is 17.4 Å². The smallest absolute Gasteiger partial charge is 0.237 e. The Morgan fingerprint density at radius 3 is 2.61 bits per heavy atom. The maximum atomic E-state index is 11.9. The molecule has 0 bridgehead atoms. The van der Waals surface area contributed by atoms with E-state index in [0.717, 1.165) is 19.3 Å². The van der Waals surface area contributed by atoms with Crippen LogP contribution in [0.1, 0.15) is 45.4 Å². The van der Waals surface area contributed by atoms with Gasteiger partial charge in [0, 0.05) is 19.0 Å². The highest BCUT2D eigenvalue weighted by Gasteiger charge is 2.21. The second kappa shape index (κ2) is 7.36. The first kappa shape index (κ1) is 15.0. The second-order valence-electron chi connectivity index (χ2n) is 5.21. The van der Waals surface area contributed by atoms with Gasteiger partial charge in [0.15, 0.2) is 0 Å². The molecule has 1 aliphatic rings. The third-order valence-corrected chi connectivity index (χ3v) is 3.67. The highest BCUT2D eigenvalue weighted by molar-refractivity contribution is 5.83. The van der Waals surface area contributed by atoms with Crippen LogP contribution in [0.3, 0.4) is 0 Å².